The van der Waals surface area contributed by atoms with Gasteiger partial charge in [0.25, 0.3) is 15.9 Å². The van der Waals surface area contributed by atoms with E-state index in [1.807, 2.05) is 0 Å². The number of allylic oxidation sites excluding steroid dienone is 2. The minimum absolute atomic E-state index is 0.0281. The number of hydrogen-bond donors (Lipinski definition) is 1. The average Bonchev–Trinajstić information content (AvgIpc) is 2.78. The molecule has 0 saturated carbocycles. The van der Waals surface area contributed by atoms with E-state index in [1.54, 1.807) is 0 Å². The number of nitro groups is 1. The molecule has 0 atom stereocenters. The lowest BCUT2D eigenvalue weighted by Crippen LogP contribution is -2.33. The number of rotatable bonds is 12. The number of hydrogen-bond acceptors (Lipinski definition) is 13. The maximum Gasteiger partial charge on any atom is 0.336 e. The summed E-state index contributed by atoms with van der Waals surface area (Å²) in [4.78, 5) is 65.7. The number of nitrogens with one attached hydrogen (secondary N) is 1. The van der Waals surface area contributed by atoms with Crippen LogP contribution in [0.1, 0.15) is 25.3 Å². The first kappa shape index (κ1) is 26.5. The molecule has 0 unspecified atom stereocenters. The topological polar surface area (TPSA) is 213 Å². The van der Waals surface area contributed by atoms with Gasteiger partial charge in [0.2, 0.25) is 0 Å². The molecule has 0 radical (unpaired) electrons. The predicted octanol–water partition coefficient (Wildman–Crippen LogP) is 1.33. The number of ether oxygens (including phenoxy) is 2. The monoisotopic (exact) mass is 496 g/mol. The van der Waals surface area contributed by atoms with Crippen LogP contribution in [0.2, 0.25) is 0 Å². The van der Waals surface area contributed by atoms with Gasteiger partial charge in [-0.15, -0.1) is 20.2 Å². The van der Waals surface area contributed by atoms with Crippen molar-refractivity contribution in [2.24, 2.45) is 0 Å². The van der Waals surface area contributed by atoms with Gasteiger partial charge < -0.3 is 24.5 Å². The molecule has 188 valence electrons. The van der Waals surface area contributed by atoms with Crippen molar-refractivity contribution >= 4 is 17.6 Å². The summed E-state index contributed by atoms with van der Waals surface area (Å²) in [6, 6.07) is 5.40. The lowest BCUT2D eigenvalue weighted by Gasteiger charge is -2.30. The smallest absolute Gasteiger partial charge is 0.336 e. The zero-order valence-corrected chi connectivity index (χ0v) is 18.5. The fourth-order valence-electron chi connectivity index (χ4n) is 3.39. The zero-order chi connectivity index (χ0) is 26.1. The number of para-hydroxylation sites is 1. The van der Waals surface area contributed by atoms with Gasteiger partial charge in [-0.25, -0.2) is 9.59 Å². The molecular weight excluding hydrogens is 476 g/mol. The summed E-state index contributed by atoms with van der Waals surface area (Å²) in [7, 11) is 0. The van der Waals surface area contributed by atoms with Crippen LogP contribution >= 0.6 is 0 Å². The van der Waals surface area contributed by atoms with E-state index < -0.39 is 65.1 Å². The number of carbonyl (C=O) groups excluding carboxylic acids is 2. The number of benzene rings is 1. The molecule has 1 aliphatic heterocycles. The van der Waals surface area contributed by atoms with E-state index in [4.69, 9.17) is 9.47 Å². The maximum absolute atomic E-state index is 12.9. The molecule has 2 rings (SSSR count). The van der Waals surface area contributed by atoms with Crippen LogP contribution in [-0.4, -0.2) is 53.5 Å². The minimum atomic E-state index is -1.33. The Morgan fingerprint density at radius 3 is 1.71 bits per heavy atom. The number of dihydropyridines is 1. The highest BCUT2D eigenvalue weighted by Crippen LogP contribution is 2.42. The van der Waals surface area contributed by atoms with Crippen LogP contribution < -0.4 is 5.32 Å². The van der Waals surface area contributed by atoms with Crippen LogP contribution in [0.4, 0.5) is 5.69 Å². The molecular formula is C19H20N4O12. The van der Waals surface area contributed by atoms with Crippen LogP contribution in [0.5, 0.6) is 0 Å². The first-order chi connectivity index (χ1) is 16.5. The Hall–Kier alpha value is -4.76. The van der Waals surface area contributed by atoms with Crippen molar-refractivity contribution in [3.05, 3.63) is 82.7 Å². The molecule has 0 saturated heterocycles. The molecule has 16 nitrogen and oxygen atoms in total. The lowest BCUT2D eigenvalue weighted by atomic mass is 9.79. The van der Waals surface area contributed by atoms with E-state index in [-0.39, 0.29) is 28.1 Å². The van der Waals surface area contributed by atoms with Gasteiger partial charge in [0.15, 0.2) is 0 Å². The minimum Gasteiger partial charge on any atom is -0.460 e. The molecule has 1 aromatic carbocycles. The Kier molecular flexibility index (Phi) is 9.02. The number of carbonyl (C=O) groups is 2. The van der Waals surface area contributed by atoms with Crippen LogP contribution in [-0.2, 0) is 28.7 Å². The van der Waals surface area contributed by atoms with Gasteiger partial charge in [0.05, 0.1) is 22.0 Å². The Balaban J connectivity index is 2.47. The van der Waals surface area contributed by atoms with Crippen molar-refractivity contribution in [3.63, 3.8) is 0 Å². The molecule has 0 amide bonds. The summed E-state index contributed by atoms with van der Waals surface area (Å²) in [6.45, 7) is 0.802. The van der Waals surface area contributed by atoms with Crippen molar-refractivity contribution in [1.29, 1.82) is 0 Å². The first-order valence-corrected chi connectivity index (χ1v) is 9.85. The summed E-state index contributed by atoms with van der Waals surface area (Å²) in [5.74, 6) is -3.36. The molecule has 0 aliphatic carbocycles. The molecule has 1 aliphatic rings. The second kappa shape index (κ2) is 11.9. The number of nitrogens with zero attached hydrogens (tertiary/aromatic N) is 3. The molecule has 0 spiro atoms. The molecule has 1 heterocycles. The van der Waals surface area contributed by atoms with Gasteiger partial charge in [-0.05, 0) is 13.8 Å². The molecule has 0 bridgehead atoms. The van der Waals surface area contributed by atoms with E-state index in [0.29, 0.717) is 0 Å². The maximum atomic E-state index is 12.9. The molecule has 0 fully saturated rings. The molecule has 1 N–H and O–H groups in total. The third-order valence-corrected chi connectivity index (χ3v) is 4.67. The Labute approximate surface area is 196 Å². The molecule has 0 aromatic heterocycles. The van der Waals surface area contributed by atoms with E-state index in [0.717, 1.165) is 0 Å². The summed E-state index contributed by atoms with van der Waals surface area (Å²) < 4.78 is 10.1. The summed E-state index contributed by atoms with van der Waals surface area (Å²) >= 11 is 0. The first-order valence-electron chi connectivity index (χ1n) is 9.85. The highest BCUT2D eigenvalue weighted by molar-refractivity contribution is 6.00. The number of nitro benzene ring substituents is 1. The van der Waals surface area contributed by atoms with E-state index >= 15 is 0 Å². The standard InChI is InChI=1S/C19H20N4O12/c1-11-15(18(24)32-7-9-34-22(28)29)17(13-5-3-4-6-14(13)21(26)27)16(12(2)20-11)19(25)33-8-10-35-23(30)31/h3-6,17,20H,7-10H2,1-2H3. The Morgan fingerprint density at radius 1 is 0.829 bits per heavy atom. The lowest BCUT2D eigenvalue weighted by molar-refractivity contribution is -0.757. The third kappa shape index (κ3) is 6.86. The van der Waals surface area contributed by atoms with Gasteiger partial charge in [-0.3, -0.25) is 10.1 Å². The summed E-state index contributed by atoms with van der Waals surface area (Å²) in [5, 5.41) is 33.0. The van der Waals surface area contributed by atoms with Crippen molar-refractivity contribution in [2.45, 2.75) is 19.8 Å². The van der Waals surface area contributed by atoms with E-state index in [1.165, 1.54) is 38.1 Å². The normalized spacial score (nSPS) is 13.5. The highest BCUT2D eigenvalue weighted by Gasteiger charge is 2.40. The number of esters is 2. The van der Waals surface area contributed by atoms with Gasteiger partial charge in [0, 0.05) is 23.0 Å². The highest BCUT2D eigenvalue weighted by atomic mass is 17.0. The zero-order valence-electron chi connectivity index (χ0n) is 18.5. The molecule has 16 heteroatoms. The van der Waals surface area contributed by atoms with Gasteiger partial charge in [-0.1, -0.05) is 18.2 Å². The summed E-state index contributed by atoms with van der Waals surface area (Å²) in [6.07, 6.45) is 0. The predicted molar refractivity (Wildman–Crippen MR) is 112 cm³/mol. The second-order valence-electron chi connectivity index (χ2n) is 6.84. The van der Waals surface area contributed by atoms with Gasteiger partial charge in [-0.2, -0.15) is 0 Å². The van der Waals surface area contributed by atoms with Crippen molar-refractivity contribution < 1.29 is 43.8 Å². The SMILES string of the molecule is CC1=C(C(=O)OCCO[N+](=O)[O-])C(c2ccccc2[N+](=O)[O-])C(C(=O)OCCO[N+](=O)[O-])=C(C)N1. The van der Waals surface area contributed by atoms with Crippen LogP contribution in [0, 0.1) is 30.3 Å². The summed E-state index contributed by atoms with van der Waals surface area (Å²) in [5.41, 5.74) is -0.374. The Bertz CT molecular complexity index is 1040. The largest absolute Gasteiger partial charge is 0.460 e. The second-order valence-corrected chi connectivity index (χ2v) is 6.84. The van der Waals surface area contributed by atoms with E-state index in [9.17, 15) is 39.9 Å². The fourth-order valence-corrected chi connectivity index (χ4v) is 3.39. The van der Waals surface area contributed by atoms with Crippen LogP contribution in [0.15, 0.2) is 46.8 Å². The van der Waals surface area contributed by atoms with Gasteiger partial charge in [0.1, 0.15) is 26.4 Å². The molecule has 35 heavy (non-hydrogen) atoms. The average molecular weight is 496 g/mol. The van der Waals surface area contributed by atoms with E-state index in [2.05, 4.69) is 15.0 Å². The van der Waals surface area contributed by atoms with Gasteiger partial charge >= 0.3 is 11.9 Å². The quantitative estimate of drug-likeness (QED) is 0.187. The Morgan fingerprint density at radius 2 is 1.29 bits per heavy atom. The third-order valence-electron chi connectivity index (χ3n) is 4.67. The van der Waals surface area contributed by atoms with Crippen molar-refractivity contribution in [1.82, 2.24) is 5.32 Å². The molecule has 1 aromatic rings. The van der Waals surface area contributed by atoms with Crippen LogP contribution in [0.3, 0.4) is 0 Å². The fraction of sp³-hybridized carbons (Fsp3) is 0.368. The van der Waals surface area contributed by atoms with Crippen molar-refractivity contribution in [2.75, 3.05) is 26.4 Å². The van der Waals surface area contributed by atoms with Crippen molar-refractivity contribution in [3.8, 4) is 0 Å². The van der Waals surface area contributed by atoms with Crippen LogP contribution in [0.25, 0.3) is 0 Å².